The third kappa shape index (κ3) is 2.66. The molecule has 1 rings (SSSR count). The first-order valence-electron chi connectivity index (χ1n) is 3.32. The molecule has 72 valence electrons. The Labute approximate surface area is 74.4 Å². The monoisotopic (exact) mass is 207 g/mol. The van der Waals surface area contributed by atoms with Crippen molar-refractivity contribution in [2.75, 3.05) is 11.0 Å². The summed E-state index contributed by atoms with van der Waals surface area (Å²) in [5.41, 5.74) is -0.648. The lowest BCUT2D eigenvalue weighted by Crippen LogP contribution is -2.12. The molecule has 1 aromatic rings. The molecule has 1 aromatic carbocycles. The Balaban J connectivity index is 3.15. The largest absolute Gasteiger partial charge is 0.278 e. The maximum absolute atomic E-state index is 12.8. The van der Waals surface area contributed by atoms with Gasteiger partial charge in [0.1, 0.15) is 17.3 Å². The highest BCUT2D eigenvalue weighted by Crippen LogP contribution is 2.18. The van der Waals surface area contributed by atoms with E-state index in [1.807, 2.05) is 0 Å². The topological polar surface area (TPSA) is 46.2 Å². The van der Waals surface area contributed by atoms with Crippen molar-refractivity contribution in [2.45, 2.75) is 0 Å². The molecule has 0 bridgehead atoms. The number of hydrogen-bond donors (Lipinski definition) is 1. The van der Waals surface area contributed by atoms with Crippen LogP contribution in [-0.4, -0.2) is 14.7 Å². The van der Waals surface area contributed by atoms with Crippen LogP contribution in [0.5, 0.6) is 0 Å². The van der Waals surface area contributed by atoms with Crippen molar-refractivity contribution >= 4 is 15.7 Å². The fourth-order valence-electron chi connectivity index (χ4n) is 0.781. The van der Waals surface area contributed by atoms with Crippen LogP contribution in [-0.2, 0) is 10.0 Å². The number of para-hydroxylation sites is 1. The van der Waals surface area contributed by atoms with Crippen LogP contribution in [0.4, 0.5) is 14.5 Å². The minimum absolute atomic E-state index is 0.648. The lowest BCUT2D eigenvalue weighted by Gasteiger charge is -2.05. The number of nitrogens with one attached hydrogen (secondary N) is 1. The van der Waals surface area contributed by atoms with Gasteiger partial charge >= 0.3 is 0 Å². The fraction of sp³-hybridized carbons (Fsp3) is 0.143. The van der Waals surface area contributed by atoms with Crippen LogP contribution in [0.2, 0.25) is 0 Å². The summed E-state index contributed by atoms with van der Waals surface area (Å²) < 4.78 is 48.7. The Morgan fingerprint density at radius 3 is 2.08 bits per heavy atom. The maximum Gasteiger partial charge on any atom is 0.230 e. The van der Waals surface area contributed by atoms with Crippen molar-refractivity contribution in [3.8, 4) is 0 Å². The number of hydrogen-bond acceptors (Lipinski definition) is 2. The van der Waals surface area contributed by atoms with E-state index in [1.54, 1.807) is 4.72 Å². The number of benzene rings is 1. The molecule has 0 fully saturated rings. The van der Waals surface area contributed by atoms with Crippen molar-refractivity contribution in [2.24, 2.45) is 0 Å². The Kier molecular flexibility index (Phi) is 2.51. The van der Waals surface area contributed by atoms with Gasteiger partial charge in [-0.05, 0) is 12.1 Å². The molecule has 3 nitrogen and oxygen atoms in total. The highest BCUT2D eigenvalue weighted by atomic mass is 32.2. The summed E-state index contributed by atoms with van der Waals surface area (Å²) in [7, 11) is -3.65. The van der Waals surface area contributed by atoms with Gasteiger partial charge in [0.05, 0.1) is 6.26 Å². The minimum atomic E-state index is -3.65. The normalized spacial score (nSPS) is 11.3. The molecule has 0 aromatic heterocycles. The van der Waals surface area contributed by atoms with E-state index in [4.69, 9.17) is 0 Å². The first-order chi connectivity index (χ1) is 5.90. The van der Waals surface area contributed by atoms with E-state index in [1.165, 1.54) is 0 Å². The lowest BCUT2D eigenvalue weighted by atomic mass is 10.3. The van der Waals surface area contributed by atoms with E-state index < -0.39 is 27.3 Å². The second-order valence-electron chi connectivity index (χ2n) is 2.47. The standard InChI is InChI=1S/C7H7F2NO2S/c1-13(11,12)10-7-5(8)3-2-4-6(7)9/h2-4,10H,1H3. The average Bonchev–Trinajstić information content (AvgIpc) is 1.95. The fourth-order valence-corrected chi connectivity index (χ4v) is 1.35. The molecule has 13 heavy (non-hydrogen) atoms. The molecule has 0 heterocycles. The lowest BCUT2D eigenvalue weighted by molar-refractivity contribution is 0.584. The first kappa shape index (κ1) is 9.91. The highest BCUT2D eigenvalue weighted by molar-refractivity contribution is 7.92. The molecule has 0 saturated heterocycles. The van der Waals surface area contributed by atoms with Gasteiger partial charge in [-0.1, -0.05) is 6.07 Å². The molecule has 0 amide bonds. The van der Waals surface area contributed by atoms with Gasteiger partial charge in [0.2, 0.25) is 10.0 Å². The summed E-state index contributed by atoms with van der Waals surface area (Å²) >= 11 is 0. The zero-order chi connectivity index (χ0) is 10.1. The van der Waals surface area contributed by atoms with Crippen molar-refractivity contribution in [3.63, 3.8) is 0 Å². The zero-order valence-electron chi connectivity index (χ0n) is 6.71. The van der Waals surface area contributed by atoms with Crippen LogP contribution in [0.3, 0.4) is 0 Å². The van der Waals surface area contributed by atoms with E-state index in [9.17, 15) is 17.2 Å². The van der Waals surface area contributed by atoms with Gasteiger partial charge in [-0.15, -0.1) is 0 Å². The van der Waals surface area contributed by atoms with E-state index in [-0.39, 0.29) is 0 Å². The number of anilines is 1. The van der Waals surface area contributed by atoms with E-state index in [0.29, 0.717) is 0 Å². The van der Waals surface area contributed by atoms with Gasteiger partial charge < -0.3 is 0 Å². The Morgan fingerprint density at radius 1 is 1.23 bits per heavy atom. The van der Waals surface area contributed by atoms with Gasteiger partial charge in [0, 0.05) is 0 Å². The molecule has 0 spiro atoms. The minimum Gasteiger partial charge on any atom is -0.278 e. The molecule has 1 N–H and O–H groups in total. The predicted molar refractivity (Wildman–Crippen MR) is 44.8 cm³/mol. The Morgan fingerprint density at radius 2 is 1.69 bits per heavy atom. The Bertz CT molecular complexity index is 396. The molecule has 0 aliphatic carbocycles. The van der Waals surface area contributed by atoms with Crippen LogP contribution < -0.4 is 4.72 Å². The third-order valence-electron chi connectivity index (χ3n) is 1.25. The van der Waals surface area contributed by atoms with Crippen molar-refractivity contribution in [1.29, 1.82) is 0 Å². The van der Waals surface area contributed by atoms with E-state index in [2.05, 4.69) is 0 Å². The van der Waals surface area contributed by atoms with Gasteiger partial charge in [0.15, 0.2) is 0 Å². The summed E-state index contributed by atoms with van der Waals surface area (Å²) in [5, 5.41) is 0. The first-order valence-corrected chi connectivity index (χ1v) is 5.21. The van der Waals surface area contributed by atoms with Gasteiger partial charge in [0.25, 0.3) is 0 Å². The number of halogens is 2. The molecule has 0 atom stereocenters. The van der Waals surface area contributed by atoms with E-state index in [0.717, 1.165) is 24.5 Å². The number of rotatable bonds is 2. The second kappa shape index (κ2) is 3.29. The molecule has 0 radical (unpaired) electrons. The van der Waals surface area contributed by atoms with Crippen LogP contribution in [0.1, 0.15) is 0 Å². The molecule has 0 saturated carbocycles. The molecule has 0 unspecified atom stereocenters. The van der Waals surface area contributed by atoms with Crippen molar-refractivity contribution in [3.05, 3.63) is 29.8 Å². The van der Waals surface area contributed by atoms with Crippen molar-refractivity contribution < 1.29 is 17.2 Å². The average molecular weight is 207 g/mol. The molecule has 6 heteroatoms. The second-order valence-corrected chi connectivity index (χ2v) is 4.22. The van der Waals surface area contributed by atoms with E-state index >= 15 is 0 Å². The predicted octanol–water partition coefficient (Wildman–Crippen LogP) is 1.34. The Hall–Kier alpha value is -1.17. The molecular formula is C7H7F2NO2S. The van der Waals surface area contributed by atoms with Crippen LogP contribution in [0.15, 0.2) is 18.2 Å². The summed E-state index contributed by atoms with van der Waals surface area (Å²) in [6.07, 6.45) is 0.818. The number of sulfonamides is 1. The summed E-state index contributed by atoms with van der Waals surface area (Å²) in [6, 6.07) is 3.09. The van der Waals surface area contributed by atoms with Crippen LogP contribution in [0, 0.1) is 11.6 Å². The summed E-state index contributed by atoms with van der Waals surface area (Å²) in [6.45, 7) is 0. The molecular weight excluding hydrogens is 200 g/mol. The van der Waals surface area contributed by atoms with Crippen LogP contribution in [0.25, 0.3) is 0 Å². The summed E-state index contributed by atoms with van der Waals surface area (Å²) in [4.78, 5) is 0. The van der Waals surface area contributed by atoms with Gasteiger partial charge in [-0.2, -0.15) is 0 Å². The maximum atomic E-state index is 12.8. The smallest absolute Gasteiger partial charge is 0.230 e. The molecule has 0 aliphatic rings. The van der Waals surface area contributed by atoms with Crippen molar-refractivity contribution in [1.82, 2.24) is 0 Å². The third-order valence-corrected chi connectivity index (χ3v) is 1.83. The highest BCUT2D eigenvalue weighted by Gasteiger charge is 2.11. The van der Waals surface area contributed by atoms with Crippen LogP contribution >= 0.6 is 0 Å². The van der Waals surface area contributed by atoms with Gasteiger partial charge in [-0.25, -0.2) is 17.2 Å². The summed E-state index contributed by atoms with van der Waals surface area (Å²) in [5.74, 6) is -1.88. The zero-order valence-corrected chi connectivity index (χ0v) is 7.53. The quantitative estimate of drug-likeness (QED) is 0.795. The van der Waals surface area contributed by atoms with Gasteiger partial charge in [-0.3, -0.25) is 4.72 Å². The SMILES string of the molecule is CS(=O)(=O)Nc1c(F)cccc1F. The molecule has 0 aliphatic heterocycles.